The van der Waals surface area contributed by atoms with E-state index in [1.807, 2.05) is 36.4 Å². The van der Waals surface area contributed by atoms with E-state index in [1.54, 1.807) is 0 Å². The van der Waals surface area contributed by atoms with Crippen LogP contribution >= 0.6 is 43.5 Å². The van der Waals surface area contributed by atoms with Gasteiger partial charge in [-0.2, -0.15) is 0 Å². The van der Waals surface area contributed by atoms with E-state index in [0.717, 1.165) is 20.1 Å². The van der Waals surface area contributed by atoms with Gasteiger partial charge in [0.1, 0.15) is 12.4 Å². The second-order valence-corrected chi connectivity index (χ2v) is 6.17. The highest BCUT2D eigenvalue weighted by atomic mass is 79.9. The summed E-state index contributed by atoms with van der Waals surface area (Å²) in [6.07, 6.45) is 0. The average molecular weight is 407 g/mol. The summed E-state index contributed by atoms with van der Waals surface area (Å²) < 4.78 is 7.55. The molecule has 0 aliphatic carbocycles. The minimum absolute atomic E-state index is 0.0666. The summed E-state index contributed by atoms with van der Waals surface area (Å²) in [6.45, 7) is 0.295. The molecule has 5 heteroatoms. The number of benzene rings is 2. The van der Waals surface area contributed by atoms with Gasteiger partial charge in [0.05, 0.1) is 6.61 Å². The zero-order chi connectivity index (χ0) is 13.8. The second-order valence-electron chi connectivity index (χ2n) is 3.93. The van der Waals surface area contributed by atoms with Crippen molar-refractivity contribution in [2.75, 3.05) is 0 Å². The van der Waals surface area contributed by atoms with Crippen molar-refractivity contribution in [2.45, 2.75) is 13.2 Å². The molecule has 0 atom stereocenters. The van der Waals surface area contributed by atoms with Gasteiger partial charge in [0.2, 0.25) is 0 Å². The smallest absolute Gasteiger partial charge is 0.125 e. The van der Waals surface area contributed by atoms with Crippen molar-refractivity contribution in [1.29, 1.82) is 0 Å². The Morgan fingerprint density at radius 2 is 1.68 bits per heavy atom. The van der Waals surface area contributed by atoms with Crippen LogP contribution in [0.15, 0.2) is 45.3 Å². The fourth-order valence-electron chi connectivity index (χ4n) is 1.61. The van der Waals surface area contributed by atoms with Gasteiger partial charge >= 0.3 is 0 Å². The van der Waals surface area contributed by atoms with Crippen molar-refractivity contribution < 1.29 is 9.84 Å². The van der Waals surface area contributed by atoms with Gasteiger partial charge in [-0.05, 0) is 30.3 Å². The molecule has 0 heterocycles. The lowest BCUT2D eigenvalue weighted by molar-refractivity contribution is 0.259. The maximum absolute atomic E-state index is 9.30. The third-order valence-electron chi connectivity index (χ3n) is 2.59. The SMILES string of the molecule is OCc1cc(Br)ccc1OCc1ccc(Br)cc1Cl. The van der Waals surface area contributed by atoms with Gasteiger partial charge in [-0.3, -0.25) is 0 Å². The van der Waals surface area contributed by atoms with Crippen molar-refractivity contribution in [3.8, 4) is 5.75 Å². The highest BCUT2D eigenvalue weighted by Crippen LogP contribution is 2.26. The van der Waals surface area contributed by atoms with Crippen LogP contribution in [-0.4, -0.2) is 5.11 Å². The Labute approximate surface area is 133 Å². The molecule has 0 saturated heterocycles. The van der Waals surface area contributed by atoms with Crippen LogP contribution < -0.4 is 4.74 Å². The molecule has 0 fully saturated rings. The average Bonchev–Trinajstić information content (AvgIpc) is 2.39. The van der Waals surface area contributed by atoms with E-state index < -0.39 is 0 Å². The van der Waals surface area contributed by atoms with Gasteiger partial charge in [-0.25, -0.2) is 0 Å². The van der Waals surface area contributed by atoms with Crippen LogP contribution in [0.1, 0.15) is 11.1 Å². The van der Waals surface area contributed by atoms with Crippen molar-refractivity contribution in [3.63, 3.8) is 0 Å². The van der Waals surface area contributed by atoms with Crippen molar-refractivity contribution >= 4 is 43.5 Å². The molecule has 0 unspecified atom stereocenters. The molecule has 0 aliphatic heterocycles. The first-order chi connectivity index (χ1) is 9.10. The van der Waals surface area contributed by atoms with Crippen LogP contribution in [-0.2, 0) is 13.2 Å². The van der Waals surface area contributed by atoms with Gasteiger partial charge in [-0.15, -0.1) is 0 Å². The first kappa shape index (κ1) is 14.9. The molecule has 2 nitrogen and oxygen atoms in total. The summed E-state index contributed by atoms with van der Waals surface area (Å²) in [5.41, 5.74) is 1.64. The monoisotopic (exact) mass is 404 g/mol. The molecule has 0 spiro atoms. The lowest BCUT2D eigenvalue weighted by atomic mass is 10.2. The zero-order valence-corrected chi connectivity index (χ0v) is 13.8. The minimum atomic E-state index is -0.0666. The summed E-state index contributed by atoms with van der Waals surface area (Å²) in [5, 5.41) is 9.95. The normalized spacial score (nSPS) is 10.5. The molecule has 19 heavy (non-hydrogen) atoms. The maximum Gasteiger partial charge on any atom is 0.125 e. The Hall–Kier alpha value is -0.550. The Kier molecular flexibility index (Phi) is 5.28. The minimum Gasteiger partial charge on any atom is -0.488 e. The molecule has 0 amide bonds. The molecule has 0 saturated carbocycles. The first-order valence-corrected chi connectivity index (χ1v) is 7.52. The summed E-state index contributed by atoms with van der Waals surface area (Å²) in [6, 6.07) is 11.2. The van der Waals surface area contributed by atoms with Crippen LogP contribution in [0.25, 0.3) is 0 Å². The molecule has 2 aromatic carbocycles. The van der Waals surface area contributed by atoms with E-state index in [4.69, 9.17) is 16.3 Å². The van der Waals surface area contributed by atoms with Gasteiger partial charge < -0.3 is 9.84 Å². The molecule has 0 bridgehead atoms. The summed E-state index contributed by atoms with van der Waals surface area (Å²) >= 11 is 12.8. The van der Waals surface area contributed by atoms with E-state index in [1.165, 1.54) is 0 Å². The predicted molar refractivity (Wildman–Crippen MR) is 83.5 cm³/mol. The lowest BCUT2D eigenvalue weighted by Crippen LogP contribution is -1.99. The van der Waals surface area contributed by atoms with Crippen LogP contribution in [0.5, 0.6) is 5.75 Å². The Morgan fingerprint density at radius 1 is 1.00 bits per heavy atom. The van der Waals surface area contributed by atoms with Crippen LogP contribution in [0, 0.1) is 0 Å². The van der Waals surface area contributed by atoms with E-state index in [2.05, 4.69) is 31.9 Å². The number of halogens is 3. The third kappa shape index (κ3) is 3.96. The van der Waals surface area contributed by atoms with Crippen LogP contribution in [0.2, 0.25) is 5.02 Å². The lowest BCUT2D eigenvalue weighted by Gasteiger charge is -2.11. The highest BCUT2D eigenvalue weighted by Gasteiger charge is 2.06. The first-order valence-electron chi connectivity index (χ1n) is 5.56. The van der Waals surface area contributed by atoms with E-state index in [-0.39, 0.29) is 6.61 Å². The number of rotatable bonds is 4. The van der Waals surface area contributed by atoms with Gasteiger partial charge in [0.25, 0.3) is 0 Å². The van der Waals surface area contributed by atoms with Crippen molar-refractivity contribution in [1.82, 2.24) is 0 Å². The Morgan fingerprint density at radius 3 is 2.37 bits per heavy atom. The molecule has 0 radical (unpaired) electrons. The molecular formula is C14H11Br2ClO2. The van der Waals surface area contributed by atoms with Crippen LogP contribution in [0.4, 0.5) is 0 Å². The second kappa shape index (κ2) is 6.75. The number of hydrogen-bond donors (Lipinski definition) is 1. The Balaban J connectivity index is 2.14. The fourth-order valence-corrected chi connectivity index (χ4v) is 2.74. The molecule has 2 rings (SSSR count). The number of aliphatic hydroxyl groups excluding tert-OH is 1. The maximum atomic E-state index is 9.30. The fraction of sp³-hybridized carbons (Fsp3) is 0.143. The van der Waals surface area contributed by atoms with Gasteiger partial charge in [0.15, 0.2) is 0 Å². The van der Waals surface area contributed by atoms with E-state index in [0.29, 0.717) is 17.4 Å². The van der Waals surface area contributed by atoms with Gasteiger partial charge in [-0.1, -0.05) is 49.5 Å². The number of aliphatic hydroxyl groups is 1. The quantitative estimate of drug-likeness (QED) is 0.780. The topological polar surface area (TPSA) is 29.5 Å². The molecular weight excluding hydrogens is 395 g/mol. The summed E-state index contributed by atoms with van der Waals surface area (Å²) in [5.74, 6) is 0.657. The number of ether oxygens (including phenoxy) is 1. The molecule has 0 aliphatic rings. The molecule has 0 aromatic heterocycles. The zero-order valence-electron chi connectivity index (χ0n) is 9.87. The van der Waals surface area contributed by atoms with Crippen molar-refractivity contribution in [3.05, 3.63) is 61.5 Å². The molecule has 2 aromatic rings. The Bertz CT molecular complexity index is 588. The van der Waals surface area contributed by atoms with E-state index >= 15 is 0 Å². The van der Waals surface area contributed by atoms with E-state index in [9.17, 15) is 5.11 Å². The molecule has 100 valence electrons. The van der Waals surface area contributed by atoms with Gasteiger partial charge in [0, 0.05) is 25.1 Å². The molecule has 1 N–H and O–H groups in total. The number of hydrogen-bond acceptors (Lipinski definition) is 2. The summed E-state index contributed by atoms with van der Waals surface area (Å²) in [7, 11) is 0. The predicted octanol–water partition coefficient (Wildman–Crippen LogP) is 4.94. The summed E-state index contributed by atoms with van der Waals surface area (Å²) in [4.78, 5) is 0. The largest absolute Gasteiger partial charge is 0.488 e. The third-order valence-corrected chi connectivity index (χ3v) is 3.93. The standard InChI is InChI=1S/C14H11Br2ClO2/c15-11-3-4-14(10(5-11)7-18)19-8-9-1-2-12(16)6-13(9)17/h1-6,18H,7-8H2. The highest BCUT2D eigenvalue weighted by molar-refractivity contribution is 9.10. The van der Waals surface area contributed by atoms with Crippen LogP contribution in [0.3, 0.4) is 0 Å². The van der Waals surface area contributed by atoms with Crippen molar-refractivity contribution in [2.24, 2.45) is 0 Å².